The van der Waals surface area contributed by atoms with Crippen LogP contribution in [0.25, 0.3) is 0 Å². The minimum Gasteiger partial charge on any atom is -0.0822 e. The Labute approximate surface area is 64.3 Å². The largest absolute Gasteiger partial charge is 0.0822 e. The third-order valence-electron chi connectivity index (χ3n) is 2.83. The Balaban J connectivity index is 2.78. The first-order valence-electron chi connectivity index (χ1n) is 4.21. The fraction of sp³-hybridized carbons (Fsp3) is 0.800. The molecule has 1 rings (SSSR count). The average Bonchev–Trinajstić information content (AvgIpc) is 1.81. The molecule has 0 aromatic carbocycles. The first-order valence-corrected chi connectivity index (χ1v) is 4.21. The van der Waals surface area contributed by atoms with Crippen LogP contribution < -0.4 is 0 Å². The van der Waals surface area contributed by atoms with Crippen molar-refractivity contribution in [2.45, 2.75) is 40.5 Å². The molecule has 1 atom stereocenters. The summed E-state index contributed by atoms with van der Waals surface area (Å²) in [5.74, 6) is 0.813. The lowest BCUT2D eigenvalue weighted by atomic mass is 9.74. The van der Waals surface area contributed by atoms with Gasteiger partial charge in [0.05, 0.1) is 0 Å². The molecule has 0 heterocycles. The molecule has 0 nitrogen and oxygen atoms in total. The van der Waals surface area contributed by atoms with E-state index in [1.165, 1.54) is 12.8 Å². The van der Waals surface area contributed by atoms with E-state index in [1.54, 1.807) is 5.57 Å². The Hall–Kier alpha value is -0.260. The van der Waals surface area contributed by atoms with Crippen molar-refractivity contribution < 1.29 is 0 Å². The van der Waals surface area contributed by atoms with E-state index in [-0.39, 0.29) is 0 Å². The molecule has 0 aromatic rings. The van der Waals surface area contributed by atoms with Gasteiger partial charge in [-0.2, -0.15) is 0 Å². The van der Waals surface area contributed by atoms with Gasteiger partial charge in [0.25, 0.3) is 0 Å². The first kappa shape index (κ1) is 7.84. The van der Waals surface area contributed by atoms with Gasteiger partial charge in [0.15, 0.2) is 0 Å². The van der Waals surface area contributed by atoms with Crippen LogP contribution in [0.5, 0.6) is 0 Å². The molecule has 10 heavy (non-hydrogen) atoms. The van der Waals surface area contributed by atoms with Gasteiger partial charge in [-0.15, -0.1) is 0 Å². The zero-order valence-corrected chi connectivity index (χ0v) is 7.57. The van der Waals surface area contributed by atoms with Gasteiger partial charge in [0, 0.05) is 0 Å². The molecule has 1 aliphatic rings. The van der Waals surface area contributed by atoms with Gasteiger partial charge >= 0.3 is 0 Å². The highest BCUT2D eigenvalue weighted by molar-refractivity contribution is 5.13. The van der Waals surface area contributed by atoms with Gasteiger partial charge < -0.3 is 0 Å². The van der Waals surface area contributed by atoms with Gasteiger partial charge in [-0.1, -0.05) is 32.4 Å². The Kier molecular flexibility index (Phi) is 1.89. The Morgan fingerprint density at radius 1 is 1.50 bits per heavy atom. The Morgan fingerprint density at radius 3 is 2.50 bits per heavy atom. The summed E-state index contributed by atoms with van der Waals surface area (Å²) in [7, 11) is 0. The monoisotopic (exact) mass is 138 g/mol. The van der Waals surface area contributed by atoms with Crippen LogP contribution in [0.15, 0.2) is 11.6 Å². The van der Waals surface area contributed by atoms with Crippen LogP contribution in [0.3, 0.4) is 0 Å². The summed E-state index contributed by atoms with van der Waals surface area (Å²) in [4.78, 5) is 0. The lowest BCUT2D eigenvalue weighted by molar-refractivity contribution is 0.344. The van der Waals surface area contributed by atoms with Crippen molar-refractivity contribution in [1.82, 2.24) is 0 Å². The van der Waals surface area contributed by atoms with Gasteiger partial charge in [-0.25, -0.2) is 0 Å². The van der Waals surface area contributed by atoms with E-state index in [4.69, 9.17) is 0 Å². The lowest BCUT2D eigenvalue weighted by Crippen LogP contribution is -2.19. The van der Waals surface area contributed by atoms with Gasteiger partial charge in [0.2, 0.25) is 0 Å². The molecule has 0 saturated heterocycles. The molecule has 0 aromatic heterocycles. The molecule has 1 unspecified atom stereocenters. The summed E-state index contributed by atoms with van der Waals surface area (Å²) in [6.07, 6.45) is 5.14. The second-order valence-electron chi connectivity index (χ2n) is 4.25. The van der Waals surface area contributed by atoms with E-state index in [1.807, 2.05) is 0 Å². The molecule has 0 saturated carbocycles. The van der Waals surface area contributed by atoms with Crippen LogP contribution in [0.4, 0.5) is 0 Å². The summed E-state index contributed by atoms with van der Waals surface area (Å²) in [6.45, 7) is 9.24. The minimum atomic E-state index is 0.479. The maximum atomic E-state index is 2.42. The maximum Gasteiger partial charge on any atom is -0.0147 e. The molecule has 58 valence electrons. The number of rotatable bonds is 0. The van der Waals surface area contributed by atoms with Crippen LogP contribution in [0.1, 0.15) is 40.5 Å². The summed E-state index contributed by atoms with van der Waals surface area (Å²) in [5.41, 5.74) is 2.05. The summed E-state index contributed by atoms with van der Waals surface area (Å²) in [6, 6.07) is 0. The van der Waals surface area contributed by atoms with Gasteiger partial charge in [-0.05, 0) is 31.1 Å². The SMILES string of the molecule is CC1=CC(C)CCC1(C)C. The molecule has 0 N–H and O–H groups in total. The van der Waals surface area contributed by atoms with E-state index < -0.39 is 0 Å². The molecule has 0 radical (unpaired) electrons. The summed E-state index contributed by atoms with van der Waals surface area (Å²) < 4.78 is 0. The second-order valence-corrected chi connectivity index (χ2v) is 4.25. The van der Waals surface area contributed by atoms with Crippen molar-refractivity contribution in [3.05, 3.63) is 11.6 Å². The zero-order chi connectivity index (χ0) is 7.78. The molecule has 0 fully saturated rings. The highest BCUT2D eigenvalue weighted by atomic mass is 14.3. The lowest BCUT2D eigenvalue weighted by Gasteiger charge is -2.32. The standard InChI is InChI=1S/C10H18/c1-8-5-6-10(3,4)9(2)7-8/h7-8H,5-6H2,1-4H3. The van der Waals surface area contributed by atoms with E-state index in [2.05, 4.69) is 33.8 Å². The molecular formula is C10H18. The average molecular weight is 138 g/mol. The van der Waals surface area contributed by atoms with Crippen molar-refractivity contribution >= 4 is 0 Å². The van der Waals surface area contributed by atoms with E-state index >= 15 is 0 Å². The quantitative estimate of drug-likeness (QED) is 0.450. The third kappa shape index (κ3) is 1.42. The highest BCUT2D eigenvalue weighted by Crippen LogP contribution is 2.37. The molecule has 0 heteroatoms. The van der Waals surface area contributed by atoms with E-state index in [0.717, 1.165) is 5.92 Å². The molecule has 0 amide bonds. The fourth-order valence-corrected chi connectivity index (χ4v) is 1.52. The van der Waals surface area contributed by atoms with Gasteiger partial charge in [0.1, 0.15) is 0 Å². The van der Waals surface area contributed by atoms with Crippen LogP contribution in [-0.4, -0.2) is 0 Å². The topological polar surface area (TPSA) is 0 Å². The summed E-state index contributed by atoms with van der Waals surface area (Å²) in [5, 5.41) is 0. The van der Waals surface area contributed by atoms with Crippen LogP contribution in [0, 0.1) is 11.3 Å². The first-order chi connectivity index (χ1) is 4.52. The normalized spacial score (nSPS) is 31.6. The Bertz CT molecular complexity index is 151. The van der Waals surface area contributed by atoms with Crippen LogP contribution in [0.2, 0.25) is 0 Å². The number of allylic oxidation sites excluding steroid dienone is 2. The van der Waals surface area contributed by atoms with Crippen molar-refractivity contribution in [3.8, 4) is 0 Å². The maximum absolute atomic E-state index is 2.42. The Morgan fingerprint density at radius 2 is 2.10 bits per heavy atom. The third-order valence-corrected chi connectivity index (χ3v) is 2.83. The smallest absolute Gasteiger partial charge is 0.0147 e. The van der Waals surface area contributed by atoms with Crippen molar-refractivity contribution in [3.63, 3.8) is 0 Å². The molecular weight excluding hydrogens is 120 g/mol. The van der Waals surface area contributed by atoms with Crippen molar-refractivity contribution in [1.29, 1.82) is 0 Å². The predicted octanol–water partition coefficient (Wildman–Crippen LogP) is 3.39. The second kappa shape index (κ2) is 2.41. The summed E-state index contributed by atoms with van der Waals surface area (Å²) >= 11 is 0. The number of hydrogen-bond donors (Lipinski definition) is 0. The minimum absolute atomic E-state index is 0.479. The van der Waals surface area contributed by atoms with E-state index in [9.17, 15) is 0 Å². The van der Waals surface area contributed by atoms with Gasteiger partial charge in [-0.3, -0.25) is 0 Å². The van der Waals surface area contributed by atoms with E-state index in [0.29, 0.717) is 5.41 Å². The number of hydrogen-bond acceptors (Lipinski definition) is 0. The zero-order valence-electron chi connectivity index (χ0n) is 7.57. The van der Waals surface area contributed by atoms with Crippen LogP contribution in [-0.2, 0) is 0 Å². The molecule has 0 spiro atoms. The molecule has 0 aliphatic heterocycles. The fourth-order valence-electron chi connectivity index (χ4n) is 1.52. The predicted molar refractivity (Wildman–Crippen MR) is 45.9 cm³/mol. The van der Waals surface area contributed by atoms with Crippen LogP contribution >= 0.6 is 0 Å². The van der Waals surface area contributed by atoms with Crippen molar-refractivity contribution in [2.75, 3.05) is 0 Å². The highest BCUT2D eigenvalue weighted by Gasteiger charge is 2.24. The molecule has 0 bridgehead atoms. The molecule has 1 aliphatic carbocycles. The van der Waals surface area contributed by atoms with Crippen molar-refractivity contribution in [2.24, 2.45) is 11.3 Å².